The lowest BCUT2D eigenvalue weighted by atomic mass is 9.90. The fraction of sp³-hybridized carbons (Fsp3) is 0.650. The molecule has 0 aromatic heterocycles. The number of benzene rings is 1. The Morgan fingerprint density at radius 2 is 2.00 bits per heavy atom. The Labute approximate surface area is 164 Å². The van der Waals surface area contributed by atoms with E-state index in [0.717, 1.165) is 31.9 Å². The van der Waals surface area contributed by atoms with Gasteiger partial charge < -0.3 is 15.5 Å². The van der Waals surface area contributed by atoms with Gasteiger partial charge in [-0.15, -0.1) is 0 Å². The van der Waals surface area contributed by atoms with Crippen LogP contribution < -0.4 is 15.5 Å². The zero-order chi connectivity index (χ0) is 19.9. The molecule has 1 saturated heterocycles. The van der Waals surface area contributed by atoms with Gasteiger partial charge in [0.2, 0.25) is 0 Å². The predicted molar refractivity (Wildman–Crippen MR) is 114 cm³/mol. The summed E-state index contributed by atoms with van der Waals surface area (Å²) in [5.41, 5.74) is 1.14. The number of hydrogen-bond donors (Lipinski definition) is 2. The molecule has 6 nitrogen and oxygen atoms in total. The maximum Gasteiger partial charge on any atom is 0.191 e. The smallest absolute Gasteiger partial charge is 0.191 e. The van der Waals surface area contributed by atoms with Crippen molar-refractivity contribution < 1.29 is 8.42 Å². The Hall–Kier alpha value is -1.76. The second-order valence-electron chi connectivity index (χ2n) is 8.23. The SMILES string of the molecule is CN=C(NCC(C)(C)CCS(C)(=O)=O)NC1CCCN(c2ccccc2)C1. The first-order valence-corrected chi connectivity index (χ1v) is 11.7. The van der Waals surface area contributed by atoms with Crippen molar-refractivity contribution in [2.75, 3.05) is 43.6 Å². The largest absolute Gasteiger partial charge is 0.369 e. The molecule has 1 fully saturated rings. The molecule has 0 saturated carbocycles. The Bertz CT molecular complexity index is 717. The molecule has 0 bridgehead atoms. The van der Waals surface area contributed by atoms with Gasteiger partial charge in [0.25, 0.3) is 0 Å². The van der Waals surface area contributed by atoms with Crippen LogP contribution in [0.3, 0.4) is 0 Å². The molecular weight excluding hydrogens is 360 g/mol. The van der Waals surface area contributed by atoms with E-state index in [9.17, 15) is 8.42 Å². The van der Waals surface area contributed by atoms with E-state index in [1.165, 1.54) is 11.9 Å². The molecule has 1 atom stereocenters. The molecule has 2 N–H and O–H groups in total. The molecule has 1 unspecified atom stereocenters. The van der Waals surface area contributed by atoms with Gasteiger partial charge >= 0.3 is 0 Å². The topological polar surface area (TPSA) is 73.8 Å². The van der Waals surface area contributed by atoms with E-state index < -0.39 is 9.84 Å². The molecule has 2 rings (SSSR count). The average Bonchev–Trinajstić information content (AvgIpc) is 2.64. The standard InChI is InChI=1S/C20H34N4O2S/c1-20(2,12-14-27(4,25)26)16-22-19(21-3)23-17-9-8-13-24(15-17)18-10-6-5-7-11-18/h5-7,10-11,17H,8-9,12-16H2,1-4H3,(H2,21,22,23). The number of nitrogens with zero attached hydrogens (tertiary/aromatic N) is 2. The molecule has 0 radical (unpaired) electrons. The summed E-state index contributed by atoms with van der Waals surface area (Å²) in [4.78, 5) is 6.76. The summed E-state index contributed by atoms with van der Waals surface area (Å²) >= 11 is 0. The Morgan fingerprint density at radius 1 is 1.30 bits per heavy atom. The third-order valence-electron chi connectivity index (χ3n) is 4.99. The number of nitrogens with one attached hydrogen (secondary N) is 2. The second kappa shape index (κ2) is 9.44. The molecule has 1 aliphatic heterocycles. The van der Waals surface area contributed by atoms with Gasteiger partial charge in [-0.2, -0.15) is 0 Å². The van der Waals surface area contributed by atoms with E-state index in [-0.39, 0.29) is 11.2 Å². The maximum absolute atomic E-state index is 11.4. The molecular formula is C20H34N4O2S. The molecule has 152 valence electrons. The number of para-hydroxylation sites is 1. The fourth-order valence-electron chi connectivity index (χ4n) is 3.23. The number of anilines is 1. The van der Waals surface area contributed by atoms with Crippen molar-refractivity contribution in [1.29, 1.82) is 0 Å². The third kappa shape index (κ3) is 7.79. The molecule has 7 heteroatoms. The highest BCUT2D eigenvalue weighted by molar-refractivity contribution is 7.90. The van der Waals surface area contributed by atoms with Crippen LogP contribution in [-0.4, -0.2) is 59.1 Å². The first-order chi connectivity index (χ1) is 12.7. The zero-order valence-electron chi connectivity index (χ0n) is 17.0. The van der Waals surface area contributed by atoms with Gasteiger partial charge in [-0.3, -0.25) is 4.99 Å². The first-order valence-electron chi connectivity index (χ1n) is 9.63. The minimum absolute atomic E-state index is 0.122. The number of sulfone groups is 1. The molecule has 1 aliphatic rings. The third-order valence-corrected chi connectivity index (χ3v) is 5.94. The maximum atomic E-state index is 11.4. The van der Waals surface area contributed by atoms with E-state index in [2.05, 4.69) is 58.6 Å². The van der Waals surface area contributed by atoms with Crippen molar-refractivity contribution in [1.82, 2.24) is 10.6 Å². The van der Waals surface area contributed by atoms with Crippen molar-refractivity contribution >= 4 is 21.5 Å². The minimum atomic E-state index is -2.94. The van der Waals surface area contributed by atoms with E-state index in [4.69, 9.17) is 0 Å². The van der Waals surface area contributed by atoms with Crippen LogP contribution in [0.15, 0.2) is 35.3 Å². The van der Waals surface area contributed by atoms with E-state index in [1.807, 2.05) is 6.07 Å². The summed E-state index contributed by atoms with van der Waals surface area (Å²) in [6.45, 7) is 6.86. The van der Waals surface area contributed by atoms with Crippen LogP contribution in [0, 0.1) is 5.41 Å². The molecule has 0 amide bonds. The quantitative estimate of drug-likeness (QED) is 0.548. The lowest BCUT2D eigenvalue weighted by Crippen LogP contribution is -2.52. The van der Waals surface area contributed by atoms with Gasteiger partial charge in [-0.05, 0) is 36.8 Å². The summed E-state index contributed by atoms with van der Waals surface area (Å²) in [6, 6.07) is 10.8. The second-order valence-corrected chi connectivity index (χ2v) is 10.5. The predicted octanol–water partition coefficient (Wildman–Crippen LogP) is 2.28. The molecule has 1 heterocycles. The summed E-state index contributed by atoms with van der Waals surface area (Å²) in [5, 5.41) is 6.90. The van der Waals surface area contributed by atoms with Crippen molar-refractivity contribution in [3.8, 4) is 0 Å². The van der Waals surface area contributed by atoms with Gasteiger partial charge in [-0.25, -0.2) is 8.42 Å². The van der Waals surface area contributed by atoms with Crippen LogP contribution in [0.1, 0.15) is 33.1 Å². The van der Waals surface area contributed by atoms with Gasteiger partial charge in [0, 0.05) is 44.7 Å². The molecule has 27 heavy (non-hydrogen) atoms. The van der Waals surface area contributed by atoms with E-state index in [1.54, 1.807) is 7.05 Å². The van der Waals surface area contributed by atoms with Crippen molar-refractivity contribution in [2.24, 2.45) is 10.4 Å². The normalized spacial score (nSPS) is 19.0. The first kappa shape index (κ1) is 21.5. The Kier molecular flexibility index (Phi) is 7.53. The molecule has 1 aromatic rings. The molecule has 0 aliphatic carbocycles. The van der Waals surface area contributed by atoms with Crippen LogP contribution in [0.2, 0.25) is 0 Å². The fourth-order valence-corrected chi connectivity index (χ4v) is 4.15. The van der Waals surface area contributed by atoms with E-state index in [0.29, 0.717) is 19.0 Å². The van der Waals surface area contributed by atoms with Gasteiger partial charge in [0.1, 0.15) is 9.84 Å². The van der Waals surface area contributed by atoms with Crippen molar-refractivity contribution in [3.05, 3.63) is 30.3 Å². The summed E-state index contributed by atoms with van der Waals surface area (Å²) < 4.78 is 22.8. The van der Waals surface area contributed by atoms with Crippen LogP contribution in [0.5, 0.6) is 0 Å². The molecule has 0 spiro atoms. The highest BCUT2D eigenvalue weighted by atomic mass is 32.2. The number of guanidine groups is 1. The average molecular weight is 395 g/mol. The number of piperidine rings is 1. The van der Waals surface area contributed by atoms with Gasteiger partial charge in [-0.1, -0.05) is 32.0 Å². The molecule has 1 aromatic carbocycles. The van der Waals surface area contributed by atoms with Gasteiger partial charge in [0.05, 0.1) is 5.75 Å². The number of rotatable bonds is 7. The number of hydrogen-bond acceptors (Lipinski definition) is 4. The summed E-state index contributed by atoms with van der Waals surface area (Å²) in [7, 11) is -1.16. The lowest BCUT2D eigenvalue weighted by Gasteiger charge is -2.36. The highest BCUT2D eigenvalue weighted by Gasteiger charge is 2.23. The van der Waals surface area contributed by atoms with Gasteiger partial charge in [0.15, 0.2) is 5.96 Å². The minimum Gasteiger partial charge on any atom is -0.369 e. The van der Waals surface area contributed by atoms with Crippen molar-refractivity contribution in [2.45, 2.75) is 39.2 Å². The van der Waals surface area contributed by atoms with Crippen LogP contribution in [0.4, 0.5) is 5.69 Å². The monoisotopic (exact) mass is 394 g/mol. The van der Waals surface area contributed by atoms with Crippen LogP contribution >= 0.6 is 0 Å². The Morgan fingerprint density at radius 3 is 2.63 bits per heavy atom. The summed E-state index contributed by atoms with van der Waals surface area (Å²) in [6.07, 6.45) is 4.17. The van der Waals surface area contributed by atoms with Crippen LogP contribution in [0.25, 0.3) is 0 Å². The van der Waals surface area contributed by atoms with Crippen molar-refractivity contribution in [3.63, 3.8) is 0 Å². The number of aliphatic imine (C=N–C) groups is 1. The highest BCUT2D eigenvalue weighted by Crippen LogP contribution is 2.21. The lowest BCUT2D eigenvalue weighted by molar-refractivity contribution is 0.347. The van der Waals surface area contributed by atoms with E-state index >= 15 is 0 Å². The Balaban J connectivity index is 1.85. The summed E-state index contributed by atoms with van der Waals surface area (Å²) in [5.74, 6) is 0.991. The zero-order valence-corrected chi connectivity index (χ0v) is 17.8. The van der Waals surface area contributed by atoms with Crippen LogP contribution in [-0.2, 0) is 9.84 Å².